The maximum absolute atomic E-state index is 12.2. The molecule has 1 aliphatic rings. The molecule has 1 fully saturated rings. The van der Waals surface area contributed by atoms with Gasteiger partial charge in [0, 0.05) is 6.04 Å². The number of amides is 1. The highest BCUT2D eigenvalue weighted by Crippen LogP contribution is 2.29. The van der Waals surface area contributed by atoms with Gasteiger partial charge in [0.25, 0.3) is 5.91 Å². The molecular weight excluding hydrogens is 314 g/mol. The summed E-state index contributed by atoms with van der Waals surface area (Å²) in [5.74, 6) is 0.374. The average Bonchev–Trinajstić information content (AvgIpc) is 2.63. The van der Waals surface area contributed by atoms with E-state index < -0.39 is 5.97 Å². The average molecular weight is 339 g/mol. The van der Waals surface area contributed by atoms with E-state index in [1.54, 1.807) is 12.1 Å². The van der Waals surface area contributed by atoms with Crippen LogP contribution in [0.5, 0.6) is 0 Å². The first-order chi connectivity index (χ1) is 12.0. The molecule has 2 aromatic carbocycles. The normalized spacial score (nSPS) is 23.2. The number of rotatable bonds is 4. The predicted octanol–water partition coefficient (Wildman–Crippen LogP) is 3.94. The molecule has 1 amide bonds. The minimum Gasteiger partial charge on any atom is -0.452 e. The summed E-state index contributed by atoms with van der Waals surface area (Å²) in [7, 11) is 0. The molecular formula is C21H25NO3. The van der Waals surface area contributed by atoms with Crippen LogP contribution in [0.4, 0.5) is 0 Å². The minimum atomic E-state index is -0.467. The van der Waals surface area contributed by atoms with Crippen LogP contribution in [0.1, 0.15) is 43.5 Å². The number of fused-ring (bicyclic) bond motifs is 1. The van der Waals surface area contributed by atoms with E-state index in [4.69, 9.17) is 4.74 Å². The van der Waals surface area contributed by atoms with Crippen LogP contribution in [0.25, 0.3) is 10.8 Å². The molecule has 0 unspecified atom stereocenters. The molecule has 0 spiro atoms. The van der Waals surface area contributed by atoms with Crippen LogP contribution in [0, 0.1) is 11.8 Å². The van der Waals surface area contributed by atoms with Gasteiger partial charge in [0.2, 0.25) is 0 Å². The second-order valence-corrected chi connectivity index (χ2v) is 7.08. The van der Waals surface area contributed by atoms with Crippen LogP contribution in [0.2, 0.25) is 0 Å². The van der Waals surface area contributed by atoms with Crippen LogP contribution in [0.3, 0.4) is 0 Å². The Morgan fingerprint density at radius 2 is 1.84 bits per heavy atom. The summed E-state index contributed by atoms with van der Waals surface area (Å²) in [5, 5.41) is 5.06. The summed E-state index contributed by atoms with van der Waals surface area (Å²) >= 11 is 0. The van der Waals surface area contributed by atoms with Crippen molar-refractivity contribution >= 4 is 22.6 Å². The Bertz CT molecular complexity index is 771. The molecule has 4 heteroatoms. The smallest absolute Gasteiger partial charge is 0.338 e. The van der Waals surface area contributed by atoms with Gasteiger partial charge in [0.15, 0.2) is 6.61 Å². The summed E-state index contributed by atoms with van der Waals surface area (Å²) in [6.45, 7) is 4.17. The van der Waals surface area contributed by atoms with E-state index >= 15 is 0 Å². The Balaban J connectivity index is 1.55. The van der Waals surface area contributed by atoms with Crippen molar-refractivity contribution in [2.75, 3.05) is 6.61 Å². The molecule has 1 N–H and O–H groups in total. The quantitative estimate of drug-likeness (QED) is 0.859. The molecule has 132 valence electrons. The van der Waals surface area contributed by atoms with Gasteiger partial charge in [-0.2, -0.15) is 0 Å². The number of nitrogens with one attached hydrogen (secondary N) is 1. The van der Waals surface area contributed by atoms with Gasteiger partial charge in [-0.15, -0.1) is 0 Å². The van der Waals surface area contributed by atoms with Crippen molar-refractivity contribution in [1.82, 2.24) is 5.32 Å². The largest absolute Gasteiger partial charge is 0.452 e. The second kappa shape index (κ2) is 7.68. The van der Waals surface area contributed by atoms with Crippen LogP contribution in [-0.4, -0.2) is 24.5 Å². The van der Waals surface area contributed by atoms with Crippen LogP contribution in [0.15, 0.2) is 42.5 Å². The first-order valence-electron chi connectivity index (χ1n) is 9.00. The fourth-order valence-corrected chi connectivity index (χ4v) is 3.56. The lowest BCUT2D eigenvalue weighted by atomic mass is 9.78. The second-order valence-electron chi connectivity index (χ2n) is 7.08. The lowest BCUT2D eigenvalue weighted by molar-refractivity contribution is -0.125. The van der Waals surface area contributed by atoms with Gasteiger partial charge in [-0.25, -0.2) is 4.79 Å². The highest BCUT2D eigenvalue weighted by Gasteiger charge is 2.28. The Morgan fingerprint density at radius 1 is 1.08 bits per heavy atom. The van der Waals surface area contributed by atoms with Crippen molar-refractivity contribution in [2.24, 2.45) is 11.8 Å². The van der Waals surface area contributed by atoms with E-state index in [1.807, 2.05) is 30.3 Å². The van der Waals surface area contributed by atoms with Gasteiger partial charge in [-0.05, 0) is 41.2 Å². The molecule has 3 atom stereocenters. The summed E-state index contributed by atoms with van der Waals surface area (Å²) in [5.41, 5.74) is 0.464. The van der Waals surface area contributed by atoms with Gasteiger partial charge >= 0.3 is 5.97 Å². The van der Waals surface area contributed by atoms with Gasteiger partial charge in [0.1, 0.15) is 0 Å². The molecule has 0 saturated heterocycles. The molecule has 0 aliphatic heterocycles. The first kappa shape index (κ1) is 17.5. The van der Waals surface area contributed by atoms with Crippen molar-refractivity contribution in [3.63, 3.8) is 0 Å². The maximum Gasteiger partial charge on any atom is 0.338 e. The summed E-state index contributed by atoms with van der Waals surface area (Å²) < 4.78 is 5.19. The SMILES string of the molecule is C[C@@H]1[C@H](C)CCC[C@H]1NC(=O)COC(=O)c1ccc2ccccc2c1. The van der Waals surface area contributed by atoms with E-state index in [9.17, 15) is 9.59 Å². The molecule has 0 radical (unpaired) electrons. The van der Waals surface area contributed by atoms with Crippen LogP contribution in [-0.2, 0) is 9.53 Å². The van der Waals surface area contributed by atoms with E-state index in [0.717, 1.165) is 23.6 Å². The Morgan fingerprint density at radius 3 is 2.64 bits per heavy atom. The van der Waals surface area contributed by atoms with Gasteiger partial charge in [-0.3, -0.25) is 4.79 Å². The highest BCUT2D eigenvalue weighted by atomic mass is 16.5. The van der Waals surface area contributed by atoms with Crippen molar-refractivity contribution in [3.05, 3.63) is 48.0 Å². The standard InChI is InChI=1S/C21H25NO3/c1-14-6-5-9-19(15(14)2)22-20(23)13-25-21(24)18-11-10-16-7-3-4-8-17(16)12-18/h3-4,7-8,10-12,14-15,19H,5-6,9,13H2,1-2H3,(H,22,23)/t14-,15-,19-/m1/s1. The van der Waals surface area contributed by atoms with Crippen LogP contribution >= 0.6 is 0 Å². The highest BCUT2D eigenvalue weighted by molar-refractivity contribution is 5.96. The zero-order chi connectivity index (χ0) is 17.8. The number of hydrogen-bond donors (Lipinski definition) is 1. The fraction of sp³-hybridized carbons (Fsp3) is 0.429. The minimum absolute atomic E-state index is 0.177. The number of carbonyl (C=O) groups is 2. The van der Waals surface area contributed by atoms with Crippen molar-refractivity contribution < 1.29 is 14.3 Å². The molecule has 1 saturated carbocycles. The van der Waals surface area contributed by atoms with E-state index in [0.29, 0.717) is 17.4 Å². The molecule has 0 aromatic heterocycles. The molecule has 2 aromatic rings. The summed E-state index contributed by atoms with van der Waals surface area (Å²) in [6, 6.07) is 13.4. The molecule has 0 bridgehead atoms. The zero-order valence-electron chi connectivity index (χ0n) is 14.8. The third-order valence-electron chi connectivity index (χ3n) is 5.37. The summed E-state index contributed by atoms with van der Waals surface area (Å²) in [6.07, 6.45) is 3.34. The molecule has 0 heterocycles. The van der Waals surface area contributed by atoms with Gasteiger partial charge < -0.3 is 10.1 Å². The molecule has 1 aliphatic carbocycles. The lowest BCUT2D eigenvalue weighted by Crippen LogP contribution is -2.45. The van der Waals surface area contributed by atoms with Crippen molar-refractivity contribution in [2.45, 2.75) is 39.2 Å². The number of hydrogen-bond acceptors (Lipinski definition) is 3. The number of esters is 1. The lowest BCUT2D eigenvalue weighted by Gasteiger charge is -2.34. The maximum atomic E-state index is 12.2. The van der Waals surface area contributed by atoms with Gasteiger partial charge in [-0.1, -0.05) is 57.0 Å². The number of benzene rings is 2. The van der Waals surface area contributed by atoms with E-state index in [-0.39, 0.29) is 18.6 Å². The monoisotopic (exact) mass is 339 g/mol. The Hall–Kier alpha value is -2.36. The molecule has 4 nitrogen and oxygen atoms in total. The van der Waals surface area contributed by atoms with Gasteiger partial charge in [0.05, 0.1) is 5.56 Å². The molecule has 3 rings (SSSR count). The Labute approximate surface area is 148 Å². The Kier molecular flexibility index (Phi) is 5.37. The van der Waals surface area contributed by atoms with Crippen LogP contribution < -0.4 is 5.32 Å². The fourth-order valence-electron chi connectivity index (χ4n) is 3.56. The zero-order valence-corrected chi connectivity index (χ0v) is 14.8. The third kappa shape index (κ3) is 4.19. The van der Waals surface area contributed by atoms with Crippen molar-refractivity contribution in [1.29, 1.82) is 0 Å². The number of ether oxygens (including phenoxy) is 1. The predicted molar refractivity (Wildman–Crippen MR) is 98.3 cm³/mol. The van der Waals surface area contributed by atoms with E-state index in [2.05, 4.69) is 19.2 Å². The molecule has 25 heavy (non-hydrogen) atoms. The van der Waals surface area contributed by atoms with Crippen molar-refractivity contribution in [3.8, 4) is 0 Å². The third-order valence-corrected chi connectivity index (χ3v) is 5.37. The number of carbonyl (C=O) groups excluding carboxylic acids is 2. The van der Waals surface area contributed by atoms with E-state index in [1.165, 1.54) is 6.42 Å². The first-order valence-corrected chi connectivity index (χ1v) is 9.00. The topological polar surface area (TPSA) is 55.4 Å². The summed E-state index contributed by atoms with van der Waals surface area (Å²) in [4.78, 5) is 24.3.